The van der Waals surface area contributed by atoms with Gasteiger partial charge in [-0.1, -0.05) is 25.4 Å². The summed E-state index contributed by atoms with van der Waals surface area (Å²) in [6.07, 6.45) is -1.72. The van der Waals surface area contributed by atoms with Crippen LogP contribution in [0.15, 0.2) is 18.2 Å². The molecular weight excluding hydrogens is 459 g/mol. The zero-order valence-electron chi connectivity index (χ0n) is 18.6. The molecule has 4 N–H and O–H groups in total. The standard InChI is InChI=1S/C23H27ClF3N3O3/c1-21(2,17-8-15(24)6-13-4-5-33-20(13)17)12-22(31,23(25,26)27)29-11-16-7-14-10-28-19(32-3)9-18(14)30-16/h6-10,19,28-31H,4-5,11-12H2,1-3H3. The highest BCUT2D eigenvalue weighted by Gasteiger charge is 2.56. The summed E-state index contributed by atoms with van der Waals surface area (Å²) >= 11 is 6.23. The monoisotopic (exact) mass is 485 g/mol. The Balaban J connectivity index is 1.60. The van der Waals surface area contributed by atoms with Crippen molar-refractivity contribution in [3.8, 4) is 5.75 Å². The Morgan fingerprint density at radius 1 is 1.27 bits per heavy atom. The van der Waals surface area contributed by atoms with Crippen LogP contribution < -0.4 is 25.9 Å². The Hall–Kier alpha value is -2.20. The predicted octanol–water partition coefficient (Wildman–Crippen LogP) is 2.41. The fourth-order valence-electron chi connectivity index (χ4n) is 4.42. The molecule has 6 nitrogen and oxygen atoms in total. The summed E-state index contributed by atoms with van der Waals surface area (Å²) < 4.78 is 53.2. The second-order valence-electron chi connectivity index (χ2n) is 9.11. The molecule has 4 rings (SSSR count). The average Bonchev–Trinajstić information content (AvgIpc) is 3.36. The first-order valence-corrected chi connectivity index (χ1v) is 11.0. The molecule has 0 radical (unpaired) electrons. The number of aromatic nitrogens is 1. The van der Waals surface area contributed by atoms with Crippen LogP contribution in [0.2, 0.25) is 5.02 Å². The molecule has 3 heterocycles. The van der Waals surface area contributed by atoms with E-state index < -0.39 is 23.7 Å². The van der Waals surface area contributed by atoms with E-state index in [2.05, 4.69) is 15.6 Å². The van der Waals surface area contributed by atoms with E-state index in [0.717, 1.165) is 16.1 Å². The average molecular weight is 486 g/mol. The van der Waals surface area contributed by atoms with E-state index in [1.54, 1.807) is 51.4 Å². The number of ether oxygens (including phenoxy) is 2. The lowest BCUT2D eigenvalue weighted by molar-refractivity contribution is -0.280. The predicted molar refractivity (Wildman–Crippen MR) is 119 cm³/mol. The van der Waals surface area contributed by atoms with Gasteiger partial charge in [0.25, 0.3) is 0 Å². The van der Waals surface area contributed by atoms with Gasteiger partial charge in [-0.15, -0.1) is 0 Å². The molecule has 0 amide bonds. The van der Waals surface area contributed by atoms with Crippen LogP contribution in [-0.2, 0) is 23.1 Å². The Kier molecular flexibility index (Phi) is 6.20. The summed E-state index contributed by atoms with van der Waals surface area (Å²) in [4.78, 5) is 3.07. The SMILES string of the molecule is COC1C=c2[nH]c(CNC(O)(CC(C)(C)c3cc(Cl)cc4c3OCC4)C(F)(F)F)cc2=CN1. The summed E-state index contributed by atoms with van der Waals surface area (Å²) in [5, 5.41) is 18.1. The van der Waals surface area contributed by atoms with Crippen molar-refractivity contribution in [1.82, 2.24) is 15.6 Å². The van der Waals surface area contributed by atoms with Crippen molar-refractivity contribution in [3.63, 3.8) is 0 Å². The normalized spacial score (nSPS) is 19.5. The topological polar surface area (TPSA) is 78.5 Å². The zero-order valence-corrected chi connectivity index (χ0v) is 19.3. The number of hydrogen-bond acceptors (Lipinski definition) is 5. The zero-order chi connectivity index (χ0) is 24.0. The molecule has 2 aromatic rings. The lowest BCUT2D eigenvalue weighted by atomic mass is 9.76. The molecule has 1 aromatic carbocycles. The molecule has 0 bridgehead atoms. The Labute approximate surface area is 194 Å². The maximum absolute atomic E-state index is 14.1. The number of benzene rings is 1. The molecule has 0 spiro atoms. The molecule has 2 unspecified atom stereocenters. The number of methoxy groups -OCH3 is 1. The van der Waals surface area contributed by atoms with Crippen molar-refractivity contribution in [2.24, 2.45) is 0 Å². The van der Waals surface area contributed by atoms with Crippen LogP contribution in [0.1, 0.15) is 37.1 Å². The van der Waals surface area contributed by atoms with Crippen LogP contribution in [0.25, 0.3) is 12.3 Å². The summed E-state index contributed by atoms with van der Waals surface area (Å²) in [6.45, 7) is 3.52. The van der Waals surface area contributed by atoms with Gasteiger partial charge in [-0.05, 0) is 35.3 Å². The second kappa shape index (κ2) is 8.54. The molecular formula is C23H27ClF3N3O3. The van der Waals surface area contributed by atoms with E-state index in [0.29, 0.717) is 35.1 Å². The fraction of sp³-hybridized carbons (Fsp3) is 0.478. The minimum Gasteiger partial charge on any atom is -0.493 e. The summed E-state index contributed by atoms with van der Waals surface area (Å²) in [7, 11) is 1.55. The van der Waals surface area contributed by atoms with Crippen LogP contribution in [0, 0.1) is 0 Å². The van der Waals surface area contributed by atoms with Crippen LogP contribution in [0.3, 0.4) is 0 Å². The highest BCUT2D eigenvalue weighted by atomic mass is 35.5. The van der Waals surface area contributed by atoms with E-state index in [4.69, 9.17) is 21.1 Å². The molecule has 2 atom stereocenters. The Morgan fingerprint density at radius 3 is 2.73 bits per heavy atom. The van der Waals surface area contributed by atoms with E-state index in [-0.39, 0.29) is 12.8 Å². The van der Waals surface area contributed by atoms with Gasteiger partial charge in [0.1, 0.15) is 12.0 Å². The van der Waals surface area contributed by atoms with E-state index >= 15 is 0 Å². The van der Waals surface area contributed by atoms with Gasteiger partial charge in [0, 0.05) is 59.5 Å². The summed E-state index contributed by atoms with van der Waals surface area (Å²) in [5.41, 5.74) is -2.33. The van der Waals surface area contributed by atoms with Crippen molar-refractivity contribution < 1.29 is 27.8 Å². The number of aromatic amines is 1. The third-order valence-corrected chi connectivity index (χ3v) is 6.34. The van der Waals surface area contributed by atoms with E-state index in [9.17, 15) is 18.3 Å². The molecule has 0 saturated heterocycles. The fourth-order valence-corrected chi connectivity index (χ4v) is 4.66. The van der Waals surface area contributed by atoms with Gasteiger partial charge in [0.15, 0.2) is 0 Å². The molecule has 2 aliphatic rings. The third-order valence-electron chi connectivity index (χ3n) is 6.13. The summed E-state index contributed by atoms with van der Waals surface area (Å²) in [5.74, 6) is 0.553. The number of fused-ring (bicyclic) bond motifs is 2. The molecule has 0 aliphatic carbocycles. The van der Waals surface area contributed by atoms with Crippen molar-refractivity contribution in [3.05, 3.63) is 50.6 Å². The Bertz CT molecular complexity index is 1160. The lowest BCUT2D eigenvalue weighted by Gasteiger charge is -2.38. The van der Waals surface area contributed by atoms with Gasteiger partial charge in [-0.3, -0.25) is 5.32 Å². The molecule has 0 saturated carbocycles. The van der Waals surface area contributed by atoms with Crippen molar-refractivity contribution in [1.29, 1.82) is 0 Å². The van der Waals surface area contributed by atoms with Crippen LogP contribution in [0.4, 0.5) is 13.2 Å². The van der Waals surface area contributed by atoms with Crippen LogP contribution in [0.5, 0.6) is 5.75 Å². The van der Waals surface area contributed by atoms with E-state index in [1.807, 2.05) is 0 Å². The van der Waals surface area contributed by atoms with Crippen LogP contribution >= 0.6 is 11.6 Å². The van der Waals surface area contributed by atoms with Crippen molar-refractivity contribution in [2.45, 2.75) is 56.8 Å². The molecule has 2 aliphatic heterocycles. The first-order chi connectivity index (χ1) is 15.4. The maximum atomic E-state index is 14.1. The molecule has 10 heteroatoms. The first kappa shape index (κ1) is 23.9. The summed E-state index contributed by atoms with van der Waals surface area (Å²) in [6, 6.07) is 5.10. The number of rotatable bonds is 7. The van der Waals surface area contributed by atoms with Crippen molar-refractivity contribution in [2.75, 3.05) is 13.7 Å². The minimum atomic E-state index is -4.92. The largest absolute Gasteiger partial charge is 0.493 e. The first-order valence-electron chi connectivity index (χ1n) is 10.6. The number of H-pyrrole nitrogens is 1. The number of hydrogen-bond donors (Lipinski definition) is 4. The molecule has 0 fully saturated rings. The third kappa shape index (κ3) is 4.73. The maximum Gasteiger partial charge on any atom is 0.431 e. The van der Waals surface area contributed by atoms with Gasteiger partial charge in [-0.2, -0.15) is 13.2 Å². The van der Waals surface area contributed by atoms with Gasteiger partial charge >= 0.3 is 6.18 Å². The molecule has 1 aromatic heterocycles. The Morgan fingerprint density at radius 2 is 2.03 bits per heavy atom. The lowest BCUT2D eigenvalue weighted by Crippen LogP contribution is -2.59. The van der Waals surface area contributed by atoms with Gasteiger partial charge < -0.3 is 24.9 Å². The second-order valence-corrected chi connectivity index (χ2v) is 9.55. The highest BCUT2D eigenvalue weighted by Crippen LogP contribution is 2.45. The number of nitrogens with one attached hydrogen (secondary N) is 3. The quantitative estimate of drug-likeness (QED) is 0.453. The van der Waals surface area contributed by atoms with E-state index in [1.165, 1.54) is 0 Å². The van der Waals surface area contributed by atoms with Crippen molar-refractivity contribution >= 4 is 23.9 Å². The van der Waals surface area contributed by atoms with Crippen LogP contribution in [-0.4, -0.2) is 41.9 Å². The van der Waals surface area contributed by atoms with Gasteiger partial charge in [0.2, 0.25) is 5.72 Å². The number of aliphatic hydroxyl groups is 1. The number of halogens is 4. The smallest absolute Gasteiger partial charge is 0.431 e. The van der Waals surface area contributed by atoms with Gasteiger partial charge in [-0.25, -0.2) is 0 Å². The molecule has 180 valence electrons. The molecule has 33 heavy (non-hydrogen) atoms. The van der Waals surface area contributed by atoms with Gasteiger partial charge in [0.05, 0.1) is 6.61 Å². The number of alkyl halides is 3. The minimum absolute atomic E-state index is 0.220. The highest BCUT2D eigenvalue weighted by molar-refractivity contribution is 6.30.